The predicted molar refractivity (Wildman–Crippen MR) is 150 cm³/mol. The summed E-state index contributed by atoms with van der Waals surface area (Å²) in [6, 6.07) is 12.4. The van der Waals surface area contributed by atoms with E-state index in [1.54, 1.807) is 34.6 Å². The van der Waals surface area contributed by atoms with Crippen molar-refractivity contribution in [2.24, 2.45) is 29.1 Å². The SMILES string of the molecule is O=C(CN1CCC(CN2c3cc(Cl)ccc3Nc3ccccc3S2(=O)=O)CC1)C12CC3CC(CC(C3)C1)C2. The Kier molecular flexibility index (Phi) is 6.06. The fraction of sp³-hybridized carbons (Fsp3) is 0.567. The maximum Gasteiger partial charge on any atom is 0.266 e. The molecule has 2 aromatic rings. The van der Waals surface area contributed by atoms with Crippen molar-refractivity contribution in [2.45, 2.75) is 56.3 Å². The number of para-hydroxylation sites is 1. The molecule has 8 rings (SSSR count). The number of fused-ring (bicyclic) bond motifs is 2. The van der Waals surface area contributed by atoms with Gasteiger partial charge >= 0.3 is 0 Å². The Hall–Kier alpha value is -2.09. The number of anilines is 3. The molecule has 0 spiro atoms. The standard InChI is InChI=1S/C30H36ClN3O3S/c31-24-5-6-25-27(14-24)34(38(36,37)28-4-2-1-3-26(28)32-25)18-20-7-9-33(10-8-20)19-29(35)30-15-21-11-22(16-30)13-23(12-21)17-30/h1-6,14,20-23,32H,7-13,15-19H2. The van der Waals surface area contributed by atoms with Gasteiger partial charge in [-0.1, -0.05) is 23.7 Å². The van der Waals surface area contributed by atoms with Crippen LogP contribution < -0.4 is 9.62 Å². The zero-order chi connectivity index (χ0) is 26.1. The Morgan fingerprint density at radius 1 is 0.947 bits per heavy atom. The van der Waals surface area contributed by atoms with Crippen molar-refractivity contribution in [1.29, 1.82) is 0 Å². The van der Waals surface area contributed by atoms with Crippen LogP contribution in [0.5, 0.6) is 0 Å². The van der Waals surface area contributed by atoms with Crippen molar-refractivity contribution in [3.8, 4) is 0 Å². The van der Waals surface area contributed by atoms with Crippen LogP contribution in [0.15, 0.2) is 47.4 Å². The molecule has 0 amide bonds. The summed E-state index contributed by atoms with van der Waals surface area (Å²) in [4.78, 5) is 16.2. The van der Waals surface area contributed by atoms with Gasteiger partial charge in [-0.2, -0.15) is 0 Å². The number of nitrogens with one attached hydrogen (secondary N) is 1. The molecule has 2 aromatic carbocycles. The molecular formula is C30H36ClN3O3S. The Balaban J connectivity index is 1.05. The number of halogens is 1. The molecule has 6 aliphatic rings. The lowest BCUT2D eigenvalue weighted by atomic mass is 9.48. The van der Waals surface area contributed by atoms with Crippen LogP contribution in [0.3, 0.4) is 0 Å². The van der Waals surface area contributed by atoms with Crippen molar-refractivity contribution in [2.75, 3.05) is 35.8 Å². The van der Waals surface area contributed by atoms with Crippen LogP contribution in [0.25, 0.3) is 0 Å². The van der Waals surface area contributed by atoms with Gasteiger partial charge in [0.15, 0.2) is 5.78 Å². The van der Waals surface area contributed by atoms with E-state index in [4.69, 9.17) is 11.6 Å². The number of hydrogen-bond donors (Lipinski definition) is 1. The van der Waals surface area contributed by atoms with Crippen molar-refractivity contribution in [3.63, 3.8) is 0 Å². The average Bonchev–Trinajstić information content (AvgIpc) is 2.97. The summed E-state index contributed by atoms with van der Waals surface area (Å²) in [6.07, 6.45) is 9.19. The molecule has 8 heteroatoms. The van der Waals surface area contributed by atoms with Gasteiger partial charge in [-0.15, -0.1) is 0 Å². The Morgan fingerprint density at radius 2 is 1.61 bits per heavy atom. The van der Waals surface area contributed by atoms with Crippen molar-refractivity contribution in [1.82, 2.24) is 4.90 Å². The Labute approximate surface area is 230 Å². The summed E-state index contributed by atoms with van der Waals surface area (Å²) in [6.45, 7) is 2.65. The number of likely N-dealkylation sites (tertiary alicyclic amines) is 1. The van der Waals surface area contributed by atoms with Gasteiger partial charge in [0.2, 0.25) is 0 Å². The topological polar surface area (TPSA) is 69.7 Å². The third-order valence-electron chi connectivity index (χ3n) is 10.1. The fourth-order valence-corrected chi connectivity index (χ4v) is 10.5. The van der Waals surface area contributed by atoms with E-state index in [2.05, 4.69) is 10.2 Å². The smallest absolute Gasteiger partial charge is 0.266 e. The van der Waals surface area contributed by atoms with Gasteiger partial charge < -0.3 is 5.32 Å². The normalized spacial score (nSPS) is 31.8. The number of sulfonamides is 1. The third-order valence-corrected chi connectivity index (χ3v) is 12.2. The van der Waals surface area contributed by atoms with Crippen LogP contribution in [0, 0.1) is 29.1 Å². The maximum atomic E-state index is 13.9. The van der Waals surface area contributed by atoms with Crippen LogP contribution in [0.1, 0.15) is 51.4 Å². The summed E-state index contributed by atoms with van der Waals surface area (Å²) in [5.41, 5.74) is 1.86. The summed E-state index contributed by atoms with van der Waals surface area (Å²) in [5, 5.41) is 3.82. The van der Waals surface area contributed by atoms with E-state index in [0.29, 0.717) is 35.3 Å². The highest BCUT2D eigenvalue weighted by atomic mass is 35.5. The highest BCUT2D eigenvalue weighted by Gasteiger charge is 2.54. The van der Waals surface area contributed by atoms with Crippen LogP contribution >= 0.6 is 11.6 Å². The summed E-state index contributed by atoms with van der Waals surface area (Å²) < 4.78 is 29.3. The molecule has 4 saturated carbocycles. The number of rotatable bonds is 5. The van der Waals surface area contributed by atoms with Gasteiger partial charge in [-0.05, 0) is 118 Å². The second-order valence-electron chi connectivity index (χ2n) is 12.7. The molecule has 1 saturated heterocycles. The molecule has 0 aromatic heterocycles. The predicted octanol–water partition coefficient (Wildman–Crippen LogP) is 6.09. The number of piperidine rings is 1. The highest BCUT2D eigenvalue weighted by molar-refractivity contribution is 7.93. The minimum atomic E-state index is -3.76. The van der Waals surface area contributed by atoms with Crippen LogP contribution in [-0.4, -0.2) is 45.3 Å². The van der Waals surface area contributed by atoms with Gasteiger partial charge in [0.1, 0.15) is 4.90 Å². The monoisotopic (exact) mass is 553 g/mol. The number of Topliss-reactive ketones (excluding diaryl/α,β-unsaturated/α-hetero) is 1. The van der Waals surface area contributed by atoms with Gasteiger partial charge in [0.25, 0.3) is 10.0 Å². The molecule has 0 atom stereocenters. The summed E-state index contributed by atoms with van der Waals surface area (Å²) in [5.74, 6) is 3.04. The number of benzene rings is 2. The minimum Gasteiger partial charge on any atom is -0.353 e. The lowest BCUT2D eigenvalue weighted by Crippen LogP contribution is -2.53. The highest BCUT2D eigenvalue weighted by Crippen LogP contribution is 2.60. The van der Waals surface area contributed by atoms with E-state index < -0.39 is 10.0 Å². The minimum absolute atomic E-state index is 0.0465. The molecule has 2 heterocycles. The number of nitrogens with zero attached hydrogens (tertiary/aromatic N) is 2. The molecule has 0 unspecified atom stereocenters. The maximum absolute atomic E-state index is 13.9. The van der Waals surface area contributed by atoms with Crippen LogP contribution in [0.2, 0.25) is 5.02 Å². The van der Waals surface area contributed by atoms with E-state index in [9.17, 15) is 13.2 Å². The molecule has 4 bridgehead atoms. The van der Waals surface area contributed by atoms with E-state index in [1.807, 2.05) is 12.1 Å². The zero-order valence-electron chi connectivity index (χ0n) is 21.7. The molecule has 1 N–H and O–H groups in total. The number of ketones is 1. The van der Waals surface area contributed by atoms with Crippen molar-refractivity contribution < 1.29 is 13.2 Å². The van der Waals surface area contributed by atoms with Crippen LogP contribution in [0.4, 0.5) is 17.1 Å². The molecule has 202 valence electrons. The first kappa shape index (κ1) is 24.9. The Morgan fingerprint density at radius 3 is 2.29 bits per heavy atom. The quantitative estimate of drug-likeness (QED) is 0.485. The Bertz CT molecular complexity index is 1330. The zero-order valence-corrected chi connectivity index (χ0v) is 23.3. The molecule has 2 aliphatic heterocycles. The van der Waals surface area contributed by atoms with E-state index >= 15 is 0 Å². The second kappa shape index (κ2) is 9.24. The van der Waals surface area contributed by atoms with E-state index in [-0.39, 0.29) is 16.2 Å². The number of hydrogen-bond acceptors (Lipinski definition) is 5. The van der Waals surface area contributed by atoms with Crippen molar-refractivity contribution >= 4 is 44.5 Å². The summed E-state index contributed by atoms with van der Waals surface area (Å²) in [7, 11) is -3.76. The molecule has 38 heavy (non-hydrogen) atoms. The first-order chi connectivity index (χ1) is 18.3. The average molecular weight is 554 g/mol. The van der Waals surface area contributed by atoms with Gasteiger partial charge in [-0.3, -0.25) is 14.0 Å². The van der Waals surface area contributed by atoms with E-state index in [1.165, 1.54) is 19.3 Å². The lowest BCUT2D eigenvalue weighted by molar-refractivity contribution is -0.145. The largest absolute Gasteiger partial charge is 0.353 e. The first-order valence-corrected chi connectivity index (χ1v) is 16.0. The molecule has 4 aliphatic carbocycles. The van der Waals surface area contributed by atoms with Gasteiger partial charge in [-0.25, -0.2) is 8.42 Å². The summed E-state index contributed by atoms with van der Waals surface area (Å²) >= 11 is 6.33. The fourth-order valence-electron chi connectivity index (χ4n) is 8.59. The second-order valence-corrected chi connectivity index (χ2v) is 14.9. The number of carbonyl (C=O) groups excluding carboxylic acids is 1. The van der Waals surface area contributed by atoms with Gasteiger partial charge in [0, 0.05) is 17.0 Å². The molecular weight excluding hydrogens is 518 g/mol. The van der Waals surface area contributed by atoms with Crippen molar-refractivity contribution in [3.05, 3.63) is 47.5 Å². The molecule has 6 nitrogen and oxygen atoms in total. The number of carbonyl (C=O) groups is 1. The lowest BCUT2D eigenvalue weighted by Gasteiger charge is -2.56. The third kappa shape index (κ3) is 4.25. The molecule has 5 fully saturated rings. The first-order valence-electron chi connectivity index (χ1n) is 14.2. The van der Waals surface area contributed by atoms with Gasteiger partial charge in [0.05, 0.1) is 23.6 Å². The van der Waals surface area contributed by atoms with E-state index in [0.717, 1.165) is 68.6 Å². The van der Waals surface area contributed by atoms with Crippen LogP contribution in [-0.2, 0) is 14.8 Å². The molecule has 0 radical (unpaired) electrons.